The summed E-state index contributed by atoms with van der Waals surface area (Å²) in [6.07, 6.45) is 2.73. The average molecular weight is 630 g/mol. The van der Waals surface area contributed by atoms with E-state index < -0.39 is 17.5 Å². The molecule has 1 aromatic carbocycles. The molecule has 0 radical (unpaired) electrons. The Morgan fingerprint density at radius 2 is 2.00 bits per heavy atom. The molecule has 5 aromatic rings. The quantitative estimate of drug-likeness (QED) is 0.214. The lowest BCUT2D eigenvalue weighted by molar-refractivity contribution is -0.0385. The minimum atomic E-state index is -2.73. The molecule has 1 fully saturated rings. The molecule has 0 amide bonds. The van der Waals surface area contributed by atoms with Gasteiger partial charge in [0.15, 0.2) is 0 Å². The van der Waals surface area contributed by atoms with Gasteiger partial charge >= 0.3 is 5.97 Å². The number of aromatic nitrogens is 4. The highest BCUT2D eigenvalue weighted by Crippen LogP contribution is 2.41. The van der Waals surface area contributed by atoms with Gasteiger partial charge < -0.3 is 5.11 Å². The minimum Gasteiger partial charge on any atom is -0.478 e. The first kappa shape index (κ1) is 29.4. The van der Waals surface area contributed by atoms with Crippen LogP contribution in [-0.4, -0.2) is 36.5 Å². The van der Waals surface area contributed by atoms with Crippen molar-refractivity contribution >= 4 is 50.0 Å². The Labute approximate surface area is 258 Å². The highest BCUT2D eigenvalue weighted by atomic mass is 35.5. The number of carboxylic acids is 1. The zero-order chi connectivity index (χ0) is 31.2. The van der Waals surface area contributed by atoms with Crippen LogP contribution in [0.25, 0.3) is 32.2 Å². The number of pyridine rings is 2. The van der Waals surface area contributed by atoms with E-state index in [4.69, 9.17) is 11.6 Å². The summed E-state index contributed by atoms with van der Waals surface area (Å²) in [6.45, 7) is 1.62. The first-order valence-corrected chi connectivity index (χ1v) is 14.9. The number of fused-ring (bicyclic) bond motifs is 2. The number of hydrogen-bond donors (Lipinski definition) is 1. The van der Waals surface area contributed by atoms with Gasteiger partial charge in [-0.2, -0.15) is 5.26 Å². The van der Waals surface area contributed by atoms with Gasteiger partial charge in [0, 0.05) is 52.0 Å². The molecule has 220 valence electrons. The number of rotatable bonds is 4. The molecule has 0 atom stereocenters. The van der Waals surface area contributed by atoms with Crippen LogP contribution in [0.3, 0.4) is 0 Å². The molecule has 0 aliphatic heterocycles. The SMILES string of the molecule is Cc1nc2cnc(C3CCC(F)(F)CC3)c(C#N)c2c(=O)n1CC#Cc1ccc(Cl)cc1-c1ccnc2c(C(=O)O)csc12. The van der Waals surface area contributed by atoms with Gasteiger partial charge in [-0.25, -0.2) is 18.6 Å². The van der Waals surface area contributed by atoms with Gasteiger partial charge in [-0.05, 0) is 44.0 Å². The molecule has 1 saturated carbocycles. The lowest BCUT2D eigenvalue weighted by atomic mass is 9.82. The largest absolute Gasteiger partial charge is 0.478 e. The molecule has 1 N–H and O–H groups in total. The van der Waals surface area contributed by atoms with E-state index in [9.17, 15) is 28.7 Å². The van der Waals surface area contributed by atoms with Crippen LogP contribution in [0.5, 0.6) is 0 Å². The van der Waals surface area contributed by atoms with Crippen molar-refractivity contribution in [3.63, 3.8) is 0 Å². The summed E-state index contributed by atoms with van der Waals surface area (Å²) in [7, 11) is 0. The van der Waals surface area contributed by atoms with Crippen molar-refractivity contribution in [1.29, 1.82) is 5.26 Å². The predicted molar refractivity (Wildman–Crippen MR) is 163 cm³/mol. The summed E-state index contributed by atoms with van der Waals surface area (Å²) in [5.74, 6) is 2.36. The van der Waals surface area contributed by atoms with Crippen molar-refractivity contribution in [2.24, 2.45) is 0 Å². The van der Waals surface area contributed by atoms with E-state index in [0.29, 0.717) is 37.9 Å². The van der Waals surface area contributed by atoms with E-state index in [2.05, 4.69) is 32.9 Å². The van der Waals surface area contributed by atoms with Crippen molar-refractivity contribution < 1.29 is 18.7 Å². The van der Waals surface area contributed by atoms with Crippen molar-refractivity contribution in [3.8, 4) is 29.0 Å². The number of halogens is 3. The molecular formula is C32H22ClF2N5O3S. The minimum absolute atomic E-state index is 0.0399. The summed E-state index contributed by atoms with van der Waals surface area (Å²) in [4.78, 5) is 38.5. The number of alkyl halides is 2. The second-order valence-electron chi connectivity index (χ2n) is 10.6. The number of hydrogen-bond acceptors (Lipinski definition) is 7. The summed E-state index contributed by atoms with van der Waals surface area (Å²) in [5, 5.41) is 21.7. The maximum absolute atomic E-state index is 13.8. The zero-order valence-electron chi connectivity index (χ0n) is 23.2. The van der Waals surface area contributed by atoms with Gasteiger partial charge in [-0.15, -0.1) is 11.3 Å². The molecule has 4 aromatic heterocycles. The van der Waals surface area contributed by atoms with Gasteiger partial charge in [0.2, 0.25) is 5.92 Å². The predicted octanol–water partition coefficient (Wildman–Crippen LogP) is 6.94. The number of carbonyl (C=O) groups is 1. The second-order valence-corrected chi connectivity index (χ2v) is 11.9. The molecule has 0 saturated heterocycles. The number of nitriles is 1. The van der Waals surface area contributed by atoms with Crippen molar-refractivity contribution in [2.75, 3.05) is 0 Å². The highest BCUT2D eigenvalue weighted by molar-refractivity contribution is 7.18. The van der Waals surface area contributed by atoms with Gasteiger partial charge in [0.1, 0.15) is 11.9 Å². The summed E-state index contributed by atoms with van der Waals surface area (Å²) < 4.78 is 29.6. The molecule has 0 spiro atoms. The van der Waals surface area contributed by atoms with Gasteiger partial charge in [-0.3, -0.25) is 19.3 Å². The third kappa shape index (κ3) is 5.30. The number of benzene rings is 1. The van der Waals surface area contributed by atoms with Crippen molar-refractivity contribution in [1.82, 2.24) is 19.5 Å². The number of thiophene rings is 1. The lowest BCUT2D eigenvalue weighted by Crippen LogP contribution is -2.27. The van der Waals surface area contributed by atoms with Crippen LogP contribution in [0.2, 0.25) is 5.02 Å². The van der Waals surface area contributed by atoms with Gasteiger partial charge in [0.25, 0.3) is 5.56 Å². The monoisotopic (exact) mass is 629 g/mol. The number of carboxylic acid groups (broad SMARTS) is 1. The first-order valence-electron chi connectivity index (χ1n) is 13.6. The van der Waals surface area contributed by atoms with Crippen LogP contribution in [0, 0.1) is 30.1 Å². The first-order chi connectivity index (χ1) is 21.1. The van der Waals surface area contributed by atoms with E-state index in [0.717, 1.165) is 5.56 Å². The van der Waals surface area contributed by atoms with Crippen molar-refractivity contribution in [2.45, 2.75) is 51.0 Å². The van der Waals surface area contributed by atoms with Crippen LogP contribution in [0.1, 0.15) is 64.6 Å². The van der Waals surface area contributed by atoms with Crippen molar-refractivity contribution in [3.05, 3.63) is 85.6 Å². The van der Waals surface area contributed by atoms with Crippen LogP contribution >= 0.6 is 22.9 Å². The van der Waals surface area contributed by atoms with Gasteiger partial charge in [0.05, 0.1) is 50.7 Å². The average Bonchev–Trinajstić information content (AvgIpc) is 3.44. The third-order valence-corrected chi connectivity index (χ3v) is 9.09. The Kier molecular flexibility index (Phi) is 7.62. The fourth-order valence-electron chi connectivity index (χ4n) is 5.62. The summed E-state index contributed by atoms with van der Waals surface area (Å²) in [6, 6.07) is 9.03. The number of nitrogens with zero attached hydrogens (tertiary/aromatic N) is 5. The molecule has 44 heavy (non-hydrogen) atoms. The van der Waals surface area contributed by atoms with Gasteiger partial charge in [-0.1, -0.05) is 23.4 Å². The maximum atomic E-state index is 13.8. The Morgan fingerprint density at radius 1 is 1.23 bits per heavy atom. The fraction of sp³-hybridized carbons (Fsp3) is 0.250. The molecule has 0 unspecified atom stereocenters. The molecule has 1 aliphatic carbocycles. The molecule has 4 heterocycles. The summed E-state index contributed by atoms with van der Waals surface area (Å²) >= 11 is 7.60. The van der Waals surface area contributed by atoms with E-state index in [1.165, 1.54) is 28.3 Å². The Hall–Kier alpha value is -4.71. The van der Waals surface area contributed by atoms with Crippen LogP contribution < -0.4 is 5.56 Å². The fourth-order valence-corrected chi connectivity index (χ4v) is 6.81. The topological polar surface area (TPSA) is 122 Å². The molecular weight excluding hydrogens is 608 g/mol. The Morgan fingerprint density at radius 3 is 2.73 bits per heavy atom. The van der Waals surface area contributed by atoms with Crippen LogP contribution in [0.4, 0.5) is 8.78 Å². The third-order valence-electron chi connectivity index (χ3n) is 7.85. The van der Waals surface area contributed by atoms with E-state index in [-0.39, 0.29) is 60.2 Å². The smallest absolute Gasteiger partial charge is 0.338 e. The van der Waals surface area contributed by atoms with E-state index >= 15 is 0 Å². The molecule has 0 bridgehead atoms. The number of aryl methyl sites for hydroxylation is 1. The summed E-state index contributed by atoms with van der Waals surface area (Å²) in [5.41, 5.74) is 2.69. The zero-order valence-corrected chi connectivity index (χ0v) is 24.8. The second kappa shape index (κ2) is 11.4. The van der Waals surface area contributed by atoms with Crippen LogP contribution in [-0.2, 0) is 6.54 Å². The molecule has 1 aliphatic rings. The molecule has 12 heteroatoms. The van der Waals surface area contributed by atoms with Crippen LogP contribution in [0.15, 0.2) is 46.8 Å². The number of aromatic carboxylic acids is 1. The normalized spacial score (nSPS) is 14.7. The maximum Gasteiger partial charge on any atom is 0.338 e. The highest BCUT2D eigenvalue weighted by Gasteiger charge is 2.37. The van der Waals surface area contributed by atoms with E-state index in [1.807, 2.05) is 0 Å². The molecule has 8 nitrogen and oxygen atoms in total. The van der Waals surface area contributed by atoms with E-state index in [1.54, 1.807) is 36.6 Å². The Bertz CT molecular complexity index is 2150. The Balaban J connectivity index is 1.39. The lowest BCUT2D eigenvalue weighted by Gasteiger charge is -2.28. The molecule has 6 rings (SSSR count). The standard InChI is InChI=1S/C32H22ClF2N5O3S/c1-17-39-25-15-38-27(19-6-9-32(34,35)10-7-19)23(14-36)26(25)30(41)40(17)12-2-3-18-4-5-20(33)13-22(18)21-8-11-37-28-24(31(42)43)16-44-29(21)28/h4-5,8,11,13,15-16,19H,6-7,9-10,12H2,1H3,(H,42,43).